The van der Waals surface area contributed by atoms with Crippen molar-refractivity contribution in [2.45, 2.75) is 0 Å². The van der Waals surface area contributed by atoms with Crippen molar-refractivity contribution in [2.24, 2.45) is 0 Å². The van der Waals surface area contributed by atoms with Gasteiger partial charge in [-0.15, -0.1) is 0 Å². The van der Waals surface area contributed by atoms with Gasteiger partial charge in [0.2, 0.25) is 0 Å². The highest BCUT2D eigenvalue weighted by atomic mass is 16.5. The molecule has 3 rings (SSSR count). The van der Waals surface area contributed by atoms with Crippen LogP contribution in [-0.2, 0) is 4.74 Å². The Balaban J connectivity index is 1.81. The van der Waals surface area contributed by atoms with Crippen molar-refractivity contribution in [1.29, 1.82) is 0 Å². The van der Waals surface area contributed by atoms with Crippen LogP contribution in [-0.4, -0.2) is 36.1 Å². The molecule has 1 fully saturated rings. The fourth-order valence-electron chi connectivity index (χ4n) is 2.10. The van der Waals surface area contributed by atoms with E-state index in [-0.39, 0.29) is 0 Å². The van der Waals surface area contributed by atoms with Crippen molar-refractivity contribution in [1.82, 2.24) is 9.78 Å². The van der Waals surface area contributed by atoms with Crippen LogP contribution in [0.3, 0.4) is 0 Å². The molecule has 0 unspecified atom stereocenters. The standard InChI is InChI=1S/C14H14N4O/c1-15-12-2-4-13(5-3-12)18-7-6-14(16-18)17-8-10-19-11-9-17/h2-7H,8-11H2. The van der Waals surface area contributed by atoms with E-state index in [1.54, 1.807) is 12.1 Å². The molecule has 1 saturated heterocycles. The summed E-state index contributed by atoms with van der Waals surface area (Å²) in [7, 11) is 0. The summed E-state index contributed by atoms with van der Waals surface area (Å²) in [4.78, 5) is 5.60. The number of hydrogen-bond donors (Lipinski definition) is 0. The van der Waals surface area contributed by atoms with Gasteiger partial charge in [0.05, 0.1) is 25.5 Å². The van der Waals surface area contributed by atoms with Gasteiger partial charge in [-0.05, 0) is 12.1 Å². The van der Waals surface area contributed by atoms with Gasteiger partial charge < -0.3 is 9.64 Å². The molecule has 0 atom stereocenters. The number of morpholine rings is 1. The van der Waals surface area contributed by atoms with Gasteiger partial charge in [0.15, 0.2) is 11.5 Å². The molecule has 0 N–H and O–H groups in total. The first kappa shape index (κ1) is 11.8. The zero-order chi connectivity index (χ0) is 13.1. The van der Waals surface area contributed by atoms with Crippen LogP contribution < -0.4 is 4.90 Å². The van der Waals surface area contributed by atoms with E-state index in [0.29, 0.717) is 5.69 Å². The maximum absolute atomic E-state index is 6.94. The van der Waals surface area contributed by atoms with Crippen LogP contribution in [0.5, 0.6) is 0 Å². The minimum atomic E-state index is 0.643. The number of nitrogens with zero attached hydrogens (tertiary/aromatic N) is 4. The summed E-state index contributed by atoms with van der Waals surface area (Å²) in [6.07, 6.45) is 1.94. The Labute approximate surface area is 111 Å². The number of ether oxygens (including phenoxy) is 1. The first-order chi connectivity index (χ1) is 9.36. The quantitative estimate of drug-likeness (QED) is 0.771. The lowest BCUT2D eigenvalue weighted by Crippen LogP contribution is -2.36. The first-order valence-corrected chi connectivity index (χ1v) is 6.23. The second-order valence-corrected chi connectivity index (χ2v) is 4.35. The van der Waals surface area contributed by atoms with E-state index < -0.39 is 0 Å². The average Bonchev–Trinajstić information content (AvgIpc) is 2.98. The van der Waals surface area contributed by atoms with Crippen molar-refractivity contribution in [3.8, 4) is 5.69 Å². The van der Waals surface area contributed by atoms with Gasteiger partial charge >= 0.3 is 0 Å². The molecule has 1 aliphatic rings. The Morgan fingerprint density at radius 1 is 1.11 bits per heavy atom. The van der Waals surface area contributed by atoms with Crippen LogP contribution in [0, 0.1) is 6.57 Å². The van der Waals surface area contributed by atoms with Crippen molar-refractivity contribution in [3.05, 3.63) is 47.9 Å². The van der Waals surface area contributed by atoms with Crippen LogP contribution in [0.15, 0.2) is 36.5 Å². The molecule has 0 bridgehead atoms. The molecule has 19 heavy (non-hydrogen) atoms. The highest BCUT2D eigenvalue weighted by Crippen LogP contribution is 2.18. The van der Waals surface area contributed by atoms with Crippen molar-refractivity contribution >= 4 is 11.5 Å². The minimum Gasteiger partial charge on any atom is -0.378 e. The lowest BCUT2D eigenvalue weighted by molar-refractivity contribution is 0.122. The summed E-state index contributed by atoms with van der Waals surface area (Å²) in [6.45, 7) is 10.2. The summed E-state index contributed by atoms with van der Waals surface area (Å²) in [5.41, 5.74) is 1.61. The molecule has 0 saturated carbocycles. The van der Waals surface area contributed by atoms with Crippen LogP contribution >= 0.6 is 0 Å². The molecular weight excluding hydrogens is 240 g/mol. The third-order valence-corrected chi connectivity index (χ3v) is 3.15. The number of benzene rings is 1. The predicted molar refractivity (Wildman–Crippen MR) is 72.9 cm³/mol. The summed E-state index contributed by atoms with van der Waals surface area (Å²) in [6, 6.07) is 9.43. The van der Waals surface area contributed by atoms with Crippen LogP contribution in [0.1, 0.15) is 0 Å². The highest BCUT2D eigenvalue weighted by Gasteiger charge is 2.13. The van der Waals surface area contributed by atoms with E-state index in [9.17, 15) is 0 Å². The minimum absolute atomic E-state index is 0.643. The Morgan fingerprint density at radius 2 is 1.84 bits per heavy atom. The smallest absolute Gasteiger partial charge is 0.187 e. The van der Waals surface area contributed by atoms with Crippen molar-refractivity contribution in [2.75, 3.05) is 31.2 Å². The topological polar surface area (TPSA) is 34.6 Å². The van der Waals surface area contributed by atoms with E-state index in [0.717, 1.165) is 37.8 Å². The van der Waals surface area contributed by atoms with Crippen molar-refractivity contribution < 1.29 is 4.74 Å². The summed E-state index contributed by atoms with van der Waals surface area (Å²) >= 11 is 0. The molecule has 1 aromatic carbocycles. The lowest BCUT2D eigenvalue weighted by atomic mass is 10.3. The SMILES string of the molecule is [C-]#[N+]c1ccc(-n2ccc(N3CCOCC3)n2)cc1. The fraction of sp³-hybridized carbons (Fsp3) is 0.286. The van der Waals surface area contributed by atoms with E-state index in [2.05, 4.69) is 14.8 Å². The molecule has 96 valence electrons. The molecule has 0 radical (unpaired) electrons. The number of hydrogen-bond acceptors (Lipinski definition) is 3. The zero-order valence-corrected chi connectivity index (χ0v) is 10.5. The molecular formula is C14H14N4O. The van der Waals surface area contributed by atoms with E-state index >= 15 is 0 Å². The molecule has 2 heterocycles. The molecule has 5 heteroatoms. The molecule has 2 aromatic rings. The van der Waals surface area contributed by atoms with Gasteiger partial charge in [0, 0.05) is 25.4 Å². The third kappa shape index (κ3) is 2.44. The molecule has 5 nitrogen and oxygen atoms in total. The van der Waals surface area contributed by atoms with E-state index in [4.69, 9.17) is 11.3 Å². The summed E-state index contributed by atoms with van der Waals surface area (Å²) < 4.78 is 7.17. The van der Waals surface area contributed by atoms with Gasteiger partial charge in [-0.1, -0.05) is 12.1 Å². The van der Waals surface area contributed by atoms with Gasteiger partial charge in [0.1, 0.15) is 0 Å². The summed E-state index contributed by atoms with van der Waals surface area (Å²) in [5.74, 6) is 0.970. The van der Waals surface area contributed by atoms with Gasteiger partial charge in [-0.2, -0.15) is 5.10 Å². The van der Waals surface area contributed by atoms with Gasteiger partial charge in [-0.3, -0.25) is 0 Å². The average molecular weight is 254 g/mol. The fourth-order valence-corrected chi connectivity index (χ4v) is 2.10. The van der Waals surface area contributed by atoms with Crippen LogP contribution in [0.25, 0.3) is 10.5 Å². The number of rotatable bonds is 2. The monoisotopic (exact) mass is 254 g/mol. The number of anilines is 1. The molecule has 1 aromatic heterocycles. The highest BCUT2D eigenvalue weighted by molar-refractivity contribution is 5.50. The Bertz CT molecular complexity index is 591. The largest absolute Gasteiger partial charge is 0.378 e. The van der Waals surface area contributed by atoms with Gasteiger partial charge in [-0.25, -0.2) is 9.53 Å². The van der Waals surface area contributed by atoms with Crippen LogP contribution in [0.2, 0.25) is 0 Å². The first-order valence-electron chi connectivity index (χ1n) is 6.23. The second-order valence-electron chi connectivity index (χ2n) is 4.35. The van der Waals surface area contributed by atoms with E-state index in [1.807, 2.05) is 29.1 Å². The predicted octanol–water partition coefficient (Wildman–Crippen LogP) is 2.26. The Kier molecular flexibility index (Phi) is 3.17. The summed E-state index contributed by atoms with van der Waals surface area (Å²) in [5, 5.41) is 4.57. The maximum Gasteiger partial charge on any atom is 0.187 e. The Hall–Kier alpha value is -2.32. The van der Waals surface area contributed by atoms with E-state index in [1.165, 1.54) is 0 Å². The molecule has 0 aliphatic carbocycles. The lowest BCUT2D eigenvalue weighted by Gasteiger charge is -2.26. The Morgan fingerprint density at radius 3 is 2.53 bits per heavy atom. The number of aromatic nitrogens is 2. The van der Waals surface area contributed by atoms with Crippen LogP contribution in [0.4, 0.5) is 11.5 Å². The molecule has 0 amide bonds. The zero-order valence-electron chi connectivity index (χ0n) is 10.5. The third-order valence-electron chi connectivity index (χ3n) is 3.15. The van der Waals surface area contributed by atoms with Crippen molar-refractivity contribution in [3.63, 3.8) is 0 Å². The molecule has 0 spiro atoms. The molecule has 1 aliphatic heterocycles. The maximum atomic E-state index is 6.94. The second kappa shape index (κ2) is 5.12. The van der Waals surface area contributed by atoms with Gasteiger partial charge in [0.25, 0.3) is 0 Å². The normalized spacial score (nSPS) is 15.2.